The van der Waals surface area contributed by atoms with Gasteiger partial charge in [0.25, 0.3) is 5.91 Å². The molecule has 110 valence electrons. The largest absolute Gasteiger partial charge is 0.507 e. The van der Waals surface area contributed by atoms with Gasteiger partial charge in [-0.05, 0) is 47.1 Å². The Kier molecular flexibility index (Phi) is 4.54. The second kappa shape index (κ2) is 6.19. The first-order valence-corrected chi connectivity index (χ1v) is 6.90. The van der Waals surface area contributed by atoms with Crippen LogP contribution >= 0.6 is 27.5 Å². The minimum atomic E-state index is -0.702. The van der Waals surface area contributed by atoms with Crippen LogP contribution in [0.4, 0.5) is 0 Å². The number of nitrogens with one attached hydrogen (secondary N) is 2. The predicted molar refractivity (Wildman–Crippen MR) is 79.2 cm³/mol. The number of carbonyl (C=O) groups is 2. The van der Waals surface area contributed by atoms with Gasteiger partial charge in [-0.2, -0.15) is 0 Å². The third kappa shape index (κ3) is 3.56. The van der Waals surface area contributed by atoms with Crippen molar-refractivity contribution in [1.29, 1.82) is 0 Å². The highest BCUT2D eigenvalue weighted by Gasteiger charge is 2.17. The zero-order chi connectivity index (χ0) is 15.6. The first kappa shape index (κ1) is 15.4. The van der Waals surface area contributed by atoms with Gasteiger partial charge < -0.3 is 9.52 Å². The lowest BCUT2D eigenvalue weighted by atomic mass is 10.2. The molecule has 1 aromatic carbocycles. The minimum Gasteiger partial charge on any atom is -0.507 e. The molecule has 3 N–H and O–H groups in total. The first-order chi connectivity index (χ1) is 9.88. The maximum Gasteiger partial charge on any atom is 0.305 e. The van der Waals surface area contributed by atoms with Gasteiger partial charge in [0.1, 0.15) is 5.75 Å². The Morgan fingerprint density at radius 1 is 1.24 bits per heavy atom. The van der Waals surface area contributed by atoms with Gasteiger partial charge in [0.15, 0.2) is 10.4 Å². The van der Waals surface area contributed by atoms with Crippen molar-refractivity contribution in [2.45, 2.75) is 6.92 Å². The summed E-state index contributed by atoms with van der Waals surface area (Å²) in [5.41, 5.74) is 4.92. The van der Waals surface area contributed by atoms with Gasteiger partial charge in [0, 0.05) is 10.6 Å². The van der Waals surface area contributed by atoms with Gasteiger partial charge in [-0.15, -0.1) is 0 Å². The molecule has 0 radical (unpaired) electrons. The number of benzene rings is 1. The Bertz CT molecular complexity index is 714. The fraction of sp³-hybridized carbons (Fsp3) is 0.0769. The Morgan fingerprint density at radius 2 is 1.90 bits per heavy atom. The van der Waals surface area contributed by atoms with Crippen molar-refractivity contribution in [2.75, 3.05) is 0 Å². The van der Waals surface area contributed by atoms with Gasteiger partial charge in [0.2, 0.25) is 0 Å². The molecule has 21 heavy (non-hydrogen) atoms. The van der Waals surface area contributed by atoms with E-state index in [2.05, 4.69) is 26.8 Å². The van der Waals surface area contributed by atoms with Crippen LogP contribution in [0.15, 0.2) is 33.4 Å². The number of amides is 2. The van der Waals surface area contributed by atoms with E-state index in [4.69, 9.17) is 16.0 Å². The summed E-state index contributed by atoms with van der Waals surface area (Å²) < 4.78 is 5.55. The van der Waals surface area contributed by atoms with Crippen molar-refractivity contribution >= 4 is 39.3 Å². The third-order valence-electron chi connectivity index (χ3n) is 2.59. The summed E-state index contributed by atoms with van der Waals surface area (Å²) in [5.74, 6) is -1.50. The highest BCUT2D eigenvalue weighted by molar-refractivity contribution is 9.10. The SMILES string of the molecule is Cc1cc(Br)oc1C(=O)NNC(=O)c1cc(Cl)ccc1O. The number of phenolic OH excluding ortho intramolecular Hbond substituents is 1. The molecule has 2 aromatic rings. The quantitative estimate of drug-likeness (QED) is 0.706. The third-order valence-corrected chi connectivity index (χ3v) is 3.21. The zero-order valence-electron chi connectivity index (χ0n) is 10.7. The summed E-state index contributed by atoms with van der Waals surface area (Å²) in [6.07, 6.45) is 0. The molecule has 0 saturated heterocycles. The van der Waals surface area contributed by atoms with E-state index in [0.29, 0.717) is 10.2 Å². The van der Waals surface area contributed by atoms with E-state index in [-0.39, 0.29) is 22.1 Å². The lowest BCUT2D eigenvalue weighted by Crippen LogP contribution is -2.41. The van der Waals surface area contributed by atoms with Crippen molar-refractivity contribution in [3.8, 4) is 5.75 Å². The Labute approximate surface area is 133 Å². The van der Waals surface area contributed by atoms with Crippen molar-refractivity contribution in [1.82, 2.24) is 10.9 Å². The molecule has 6 nitrogen and oxygen atoms in total. The standard InChI is InChI=1S/C13H10BrClN2O4/c1-6-4-10(14)21-11(6)13(20)17-16-12(19)8-5-7(15)2-3-9(8)18/h2-5,18H,1H3,(H,16,19)(H,17,20). The summed E-state index contributed by atoms with van der Waals surface area (Å²) in [4.78, 5) is 23.7. The van der Waals surface area contributed by atoms with Crippen molar-refractivity contribution < 1.29 is 19.1 Å². The Hall–Kier alpha value is -1.99. The lowest BCUT2D eigenvalue weighted by molar-refractivity contribution is 0.0828. The van der Waals surface area contributed by atoms with E-state index in [1.807, 2.05) is 0 Å². The fourth-order valence-electron chi connectivity index (χ4n) is 1.60. The van der Waals surface area contributed by atoms with Crippen LogP contribution in [0, 0.1) is 6.92 Å². The lowest BCUT2D eigenvalue weighted by Gasteiger charge is -2.08. The molecule has 1 heterocycles. The van der Waals surface area contributed by atoms with Crippen LogP contribution in [-0.2, 0) is 0 Å². The number of aryl methyl sites for hydroxylation is 1. The smallest absolute Gasteiger partial charge is 0.305 e. The summed E-state index contributed by atoms with van der Waals surface area (Å²) in [5, 5.41) is 9.87. The van der Waals surface area contributed by atoms with E-state index in [1.54, 1.807) is 13.0 Å². The summed E-state index contributed by atoms with van der Waals surface area (Å²) in [6, 6.07) is 5.63. The molecule has 0 fully saturated rings. The predicted octanol–water partition coefficient (Wildman–Crippen LogP) is 2.78. The number of hydrogen-bond acceptors (Lipinski definition) is 4. The van der Waals surface area contributed by atoms with Crippen molar-refractivity contribution in [3.05, 3.63) is 50.8 Å². The molecule has 0 aliphatic rings. The van der Waals surface area contributed by atoms with E-state index in [9.17, 15) is 14.7 Å². The van der Waals surface area contributed by atoms with Crippen molar-refractivity contribution in [3.63, 3.8) is 0 Å². The second-order valence-electron chi connectivity index (χ2n) is 4.13. The molecule has 0 aliphatic heterocycles. The van der Waals surface area contributed by atoms with E-state index < -0.39 is 11.8 Å². The van der Waals surface area contributed by atoms with E-state index in [0.717, 1.165) is 0 Å². The van der Waals surface area contributed by atoms with Gasteiger partial charge in [-0.1, -0.05) is 11.6 Å². The minimum absolute atomic E-state index is 0.0554. The number of hydrazine groups is 1. The number of aromatic hydroxyl groups is 1. The average molecular weight is 374 g/mol. The van der Waals surface area contributed by atoms with Crippen LogP contribution in [0.1, 0.15) is 26.5 Å². The number of halogens is 2. The van der Waals surface area contributed by atoms with Gasteiger partial charge in [-0.25, -0.2) is 0 Å². The molecule has 2 amide bonds. The summed E-state index contributed by atoms with van der Waals surface area (Å²) >= 11 is 8.85. The highest BCUT2D eigenvalue weighted by Crippen LogP contribution is 2.21. The molecule has 0 aliphatic carbocycles. The van der Waals surface area contributed by atoms with E-state index in [1.165, 1.54) is 18.2 Å². The molecular weight excluding hydrogens is 364 g/mol. The number of furan rings is 1. The highest BCUT2D eigenvalue weighted by atomic mass is 79.9. The summed E-state index contributed by atoms with van der Waals surface area (Å²) in [6.45, 7) is 1.69. The van der Waals surface area contributed by atoms with Crippen molar-refractivity contribution in [2.24, 2.45) is 0 Å². The molecule has 0 atom stereocenters. The molecule has 1 aromatic heterocycles. The number of carbonyl (C=O) groups excluding carboxylic acids is 2. The van der Waals surface area contributed by atoms with E-state index >= 15 is 0 Å². The maximum atomic E-state index is 11.9. The molecule has 8 heteroatoms. The van der Waals surface area contributed by atoms with Gasteiger partial charge in [-0.3, -0.25) is 20.4 Å². The van der Waals surface area contributed by atoms with Gasteiger partial charge >= 0.3 is 5.91 Å². The molecule has 2 rings (SSSR count). The van der Waals surface area contributed by atoms with Crippen LogP contribution in [0.3, 0.4) is 0 Å². The molecule has 0 bridgehead atoms. The first-order valence-electron chi connectivity index (χ1n) is 5.73. The second-order valence-corrected chi connectivity index (χ2v) is 5.35. The average Bonchev–Trinajstić information content (AvgIpc) is 2.77. The van der Waals surface area contributed by atoms with Crippen LogP contribution in [-0.4, -0.2) is 16.9 Å². The van der Waals surface area contributed by atoms with Gasteiger partial charge in [0.05, 0.1) is 5.56 Å². The van der Waals surface area contributed by atoms with Crippen LogP contribution in [0.2, 0.25) is 5.02 Å². The van der Waals surface area contributed by atoms with Crippen LogP contribution < -0.4 is 10.9 Å². The zero-order valence-corrected chi connectivity index (χ0v) is 13.1. The Balaban J connectivity index is 2.06. The van der Waals surface area contributed by atoms with Crippen LogP contribution in [0.25, 0.3) is 0 Å². The molecule has 0 unspecified atom stereocenters. The maximum absolute atomic E-state index is 11.9. The topological polar surface area (TPSA) is 91.6 Å². The Morgan fingerprint density at radius 3 is 2.52 bits per heavy atom. The number of rotatable bonds is 2. The van der Waals surface area contributed by atoms with Crippen LogP contribution in [0.5, 0.6) is 5.75 Å². The fourth-order valence-corrected chi connectivity index (χ4v) is 2.27. The molecular formula is C13H10BrClN2O4. The summed E-state index contributed by atoms with van der Waals surface area (Å²) in [7, 11) is 0. The normalized spacial score (nSPS) is 10.2. The molecule has 0 saturated carbocycles. The molecule has 0 spiro atoms. The number of hydrogen-bond donors (Lipinski definition) is 3. The number of phenols is 1. The monoisotopic (exact) mass is 372 g/mol.